The first-order chi connectivity index (χ1) is 17.5. The Bertz CT molecular complexity index is 735. The van der Waals surface area contributed by atoms with Crippen molar-refractivity contribution in [2.24, 2.45) is 5.73 Å². The minimum atomic E-state index is -1.29. The lowest BCUT2D eigenvalue weighted by Gasteiger charge is -2.29. The van der Waals surface area contributed by atoms with E-state index in [-0.39, 0.29) is 10.8 Å². The Labute approximate surface area is 222 Å². The van der Waals surface area contributed by atoms with Crippen molar-refractivity contribution in [2.45, 2.75) is 65.2 Å². The van der Waals surface area contributed by atoms with Gasteiger partial charge in [-0.2, -0.15) is 0 Å². The summed E-state index contributed by atoms with van der Waals surface area (Å²) in [7, 11) is 0. The normalized spacial score (nSPS) is 12.2. The number of carboxylic acid groups (broad SMARTS) is 1. The van der Waals surface area contributed by atoms with Crippen molar-refractivity contribution >= 4 is 6.16 Å². The number of hydrogen-bond donors (Lipinski definition) is 2. The number of aryl methyl sites for hydroxylation is 1. The van der Waals surface area contributed by atoms with Gasteiger partial charge in [0.2, 0.25) is 0 Å². The molecule has 0 heterocycles. The second kappa shape index (κ2) is 17.7. The number of nitrogens with two attached hydrogens (primary N) is 1. The van der Waals surface area contributed by atoms with Gasteiger partial charge in [-0.05, 0) is 29.2 Å². The minimum absolute atomic E-state index is 0.259. The predicted molar refractivity (Wildman–Crippen MR) is 144 cm³/mol. The third-order valence-electron chi connectivity index (χ3n) is 5.46. The van der Waals surface area contributed by atoms with E-state index in [2.05, 4.69) is 53.7 Å². The SMILES string of the molecule is CC(C)(C)c1cc(CCCOCCOCCOCCOCCOCCN)cc(C(C)(C)C)c1OC(=O)O. The van der Waals surface area contributed by atoms with Gasteiger partial charge in [0.15, 0.2) is 0 Å². The molecule has 214 valence electrons. The van der Waals surface area contributed by atoms with Crippen LogP contribution in [0.5, 0.6) is 5.75 Å². The summed E-state index contributed by atoms with van der Waals surface area (Å²) in [6.45, 7) is 18.3. The lowest BCUT2D eigenvalue weighted by molar-refractivity contribution is -0.0106. The summed E-state index contributed by atoms with van der Waals surface area (Å²) in [6, 6.07) is 4.13. The van der Waals surface area contributed by atoms with Crippen molar-refractivity contribution < 1.29 is 38.3 Å². The number of ether oxygens (including phenoxy) is 6. The van der Waals surface area contributed by atoms with Crippen LogP contribution in [0.4, 0.5) is 4.79 Å². The lowest BCUT2D eigenvalue weighted by Crippen LogP contribution is -2.22. The summed E-state index contributed by atoms with van der Waals surface area (Å²) >= 11 is 0. The average Bonchev–Trinajstić information content (AvgIpc) is 2.80. The van der Waals surface area contributed by atoms with Gasteiger partial charge in [-0.15, -0.1) is 0 Å². The molecule has 0 saturated carbocycles. The van der Waals surface area contributed by atoms with Crippen LogP contribution in [0.2, 0.25) is 0 Å². The van der Waals surface area contributed by atoms with Crippen LogP contribution in [-0.2, 0) is 40.9 Å². The zero-order valence-corrected chi connectivity index (χ0v) is 23.7. The first kappa shape index (κ1) is 33.3. The molecule has 0 aliphatic heterocycles. The molecule has 9 nitrogen and oxygen atoms in total. The first-order valence-electron chi connectivity index (χ1n) is 13.1. The van der Waals surface area contributed by atoms with E-state index in [1.165, 1.54) is 0 Å². The average molecular weight is 528 g/mol. The van der Waals surface area contributed by atoms with Crippen LogP contribution in [0.25, 0.3) is 0 Å². The second-order valence-electron chi connectivity index (χ2n) is 10.8. The van der Waals surface area contributed by atoms with Gasteiger partial charge in [0, 0.05) is 24.3 Å². The molecule has 9 heteroatoms. The Hall–Kier alpha value is -1.75. The Balaban J connectivity index is 2.31. The Morgan fingerprint density at radius 3 is 1.43 bits per heavy atom. The van der Waals surface area contributed by atoms with Gasteiger partial charge < -0.3 is 39.3 Å². The Morgan fingerprint density at radius 1 is 0.703 bits per heavy atom. The maximum Gasteiger partial charge on any atom is 0.511 e. The van der Waals surface area contributed by atoms with E-state index in [1.807, 2.05) is 0 Å². The zero-order valence-electron chi connectivity index (χ0n) is 23.7. The molecule has 0 unspecified atom stereocenters. The highest BCUT2D eigenvalue weighted by atomic mass is 16.7. The topological polar surface area (TPSA) is 119 Å². The van der Waals surface area contributed by atoms with Gasteiger partial charge in [-0.25, -0.2) is 4.79 Å². The van der Waals surface area contributed by atoms with Crippen LogP contribution in [0.1, 0.15) is 64.7 Å². The molecule has 0 bridgehead atoms. The molecule has 0 amide bonds. The molecule has 3 N–H and O–H groups in total. The van der Waals surface area contributed by atoms with Gasteiger partial charge in [0.1, 0.15) is 5.75 Å². The van der Waals surface area contributed by atoms with E-state index < -0.39 is 6.16 Å². The quantitative estimate of drug-likeness (QED) is 0.154. The molecule has 1 rings (SSSR count). The van der Waals surface area contributed by atoms with E-state index in [4.69, 9.17) is 34.2 Å². The fraction of sp³-hybridized carbons (Fsp3) is 0.750. The largest absolute Gasteiger partial charge is 0.511 e. The van der Waals surface area contributed by atoms with Gasteiger partial charge in [0.05, 0.1) is 59.5 Å². The zero-order chi connectivity index (χ0) is 27.7. The second-order valence-corrected chi connectivity index (χ2v) is 10.8. The smallest absolute Gasteiger partial charge is 0.449 e. The van der Waals surface area contributed by atoms with Crippen molar-refractivity contribution in [1.82, 2.24) is 0 Å². The summed E-state index contributed by atoms with van der Waals surface area (Å²) in [4.78, 5) is 11.4. The molecule has 0 fully saturated rings. The Morgan fingerprint density at radius 2 is 1.08 bits per heavy atom. The van der Waals surface area contributed by atoms with E-state index >= 15 is 0 Å². The van der Waals surface area contributed by atoms with Crippen molar-refractivity contribution in [3.8, 4) is 5.75 Å². The monoisotopic (exact) mass is 527 g/mol. The molecule has 37 heavy (non-hydrogen) atoms. The molecule has 1 aromatic rings. The third kappa shape index (κ3) is 14.7. The van der Waals surface area contributed by atoms with Gasteiger partial charge >= 0.3 is 6.16 Å². The van der Waals surface area contributed by atoms with Crippen LogP contribution < -0.4 is 10.5 Å². The third-order valence-corrected chi connectivity index (χ3v) is 5.46. The van der Waals surface area contributed by atoms with E-state index in [1.54, 1.807) is 0 Å². The summed E-state index contributed by atoms with van der Waals surface area (Å²) in [6.07, 6.45) is 0.391. The van der Waals surface area contributed by atoms with E-state index in [0.29, 0.717) is 78.4 Å². The maximum absolute atomic E-state index is 11.4. The summed E-state index contributed by atoms with van der Waals surface area (Å²) in [5.41, 5.74) is 7.77. The fourth-order valence-electron chi connectivity index (χ4n) is 3.59. The van der Waals surface area contributed by atoms with Crippen molar-refractivity contribution in [3.63, 3.8) is 0 Å². The summed E-state index contributed by atoms with van der Waals surface area (Å²) in [5, 5.41) is 9.32. The van der Waals surface area contributed by atoms with E-state index in [9.17, 15) is 9.90 Å². The molecule has 0 aliphatic carbocycles. The van der Waals surface area contributed by atoms with Crippen molar-refractivity contribution in [2.75, 3.05) is 72.6 Å². The molecule has 0 aromatic heterocycles. The van der Waals surface area contributed by atoms with Crippen LogP contribution in [-0.4, -0.2) is 83.9 Å². The van der Waals surface area contributed by atoms with Crippen molar-refractivity contribution in [3.05, 3.63) is 28.8 Å². The number of rotatable bonds is 19. The first-order valence-corrected chi connectivity index (χ1v) is 13.1. The van der Waals surface area contributed by atoms with Gasteiger partial charge in [-0.3, -0.25) is 0 Å². The number of hydrogen-bond acceptors (Lipinski definition) is 8. The molecule has 0 spiro atoms. The standard InChI is InChI=1S/C28H49NO8/c1-27(2,3)23-20-22(21-24(28(4,5)6)25(23)37-26(30)31)8-7-10-32-12-14-34-16-18-36-19-17-35-15-13-33-11-9-29/h20-21H,7-19,29H2,1-6H3,(H,30,31). The van der Waals surface area contributed by atoms with Crippen LogP contribution in [0.15, 0.2) is 12.1 Å². The molecule has 0 aliphatic rings. The fourth-order valence-corrected chi connectivity index (χ4v) is 3.59. The highest BCUT2D eigenvalue weighted by Gasteiger charge is 2.29. The molecule has 0 atom stereocenters. The molecule has 0 saturated heterocycles. The summed E-state index contributed by atoms with van der Waals surface area (Å²) < 4.78 is 32.6. The maximum atomic E-state index is 11.4. The number of carbonyl (C=O) groups is 1. The van der Waals surface area contributed by atoms with E-state index in [0.717, 1.165) is 29.5 Å². The molecule has 0 radical (unpaired) electrons. The molecular formula is C28H49NO8. The molecular weight excluding hydrogens is 478 g/mol. The van der Waals surface area contributed by atoms with Crippen molar-refractivity contribution in [1.29, 1.82) is 0 Å². The van der Waals surface area contributed by atoms with Gasteiger partial charge in [0.25, 0.3) is 0 Å². The van der Waals surface area contributed by atoms with Crippen LogP contribution in [0, 0.1) is 0 Å². The molecule has 1 aromatic carbocycles. The number of benzene rings is 1. The highest BCUT2D eigenvalue weighted by molar-refractivity contribution is 5.65. The highest BCUT2D eigenvalue weighted by Crippen LogP contribution is 2.41. The minimum Gasteiger partial charge on any atom is -0.449 e. The predicted octanol–water partition coefficient (Wildman–Crippen LogP) is 4.31. The van der Waals surface area contributed by atoms with Crippen LogP contribution >= 0.6 is 0 Å². The van der Waals surface area contributed by atoms with Gasteiger partial charge in [-0.1, -0.05) is 53.7 Å². The summed E-state index contributed by atoms with van der Waals surface area (Å²) in [5.74, 6) is 0.453. The Kier molecular flexibility index (Phi) is 15.9. The lowest BCUT2D eigenvalue weighted by atomic mass is 9.78. The van der Waals surface area contributed by atoms with Crippen LogP contribution in [0.3, 0.4) is 0 Å².